The van der Waals surface area contributed by atoms with Crippen LogP contribution in [0.15, 0.2) is 4.90 Å². The summed E-state index contributed by atoms with van der Waals surface area (Å²) >= 11 is 0. The molecular formula is C38H68F5NO3S. The van der Waals surface area contributed by atoms with E-state index in [9.17, 15) is 34.9 Å². The van der Waals surface area contributed by atoms with Crippen molar-refractivity contribution in [2.45, 2.75) is 187 Å². The number of quaternary nitrogens is 1. The Balaban J connectivity index is 0.00000122. The van der Waals surface area contributed by atoms with Gasteiger partial charge in [0.15, 0.2) is 23.3 Å². The van der Waals surface area contributed by atoms with E-state index in [2.05, 4.69) is 27.7 Å². The van der Waals surface area contributed by atoms with Crippen molar-refractivity contribution in [1.82, 2.24) is 0 Å². The fourth-order valence-electron chi connectivity index (χ4n) is 6.39. The molecule has 0 unspecified atom stereocenters. The van der Waals surface area contributed by atoms with Crippen LogP contribution in [0.2, 0.25) is 0 Å². The molecule has 0 aliphatic heterocycles. The number of hydrogen-bond donors (Lipinski definition) is 0. The van der Waals surface area contributed by atoms with E-state index in [4.69, 9.17) is 0 Å². The summed E-state index contributed by atoms with van der Waals surface area (Å²) in [4.78, 5) is -2.38. The molecule has 284 valence electrons. The van der Waals surface area contributed by atoms with Crippen molar-refractivity contribution < 1.29 is 39.4 Å². The van der Waals surface area contributed by atoms with Gasteiger partial charge in [0.05, 0.1) is 26.2 Å². The van der Waals surface area contributed by atoms with Gasteiger partial charge in [0, 0.05) is 0 Å². The van der Waals surface area contributed by atoms with Gasteiger partial charge in [0.1, 0.15) is 15.0 Å². The van der Waals surface area contributed by atoms with Crippen molar-refractivity contribution >= 4 is 10.1 Å². The van der Waals surface area contributed by atoms with E-state index in [1.165, 1.54) is 185 Å². The van der Waals surface area contributed by atoms with Gasteiger partial charge in [-0.3, -0.25) is 0 Å². The average molecular weight is 714 g/mol. The number of hydrogen-bond acceptors (Lipinski definition) is 3. The van der Waals surface area contributed by atoms with E-state index in [0.29, 0.717) is 0 Å². The predicted octanol–water partition coefficient (Wildman–Crippen LogP) is 12.5. The Bertz CT molecular complexity index is 957. The molecular weight excluding hydrogens is 645 g/mol. The molecule has 10 heteroatoms. The van der Waals surface area contributed by atoms with Crippen LogP contribution in [0.5, 0.6) is 0 Å². The highest BCUT2D eigenvalue weighted by molar-refractivity contribution is 7.85. The van der Waals surface area contributed by atoms with E-state index in [0.717, 1.165) is 0 Å². The van der Waals surface area contributed by atoms with E-state index >= 15 is 0 Å². The van der Waals surface area contributed by atoms with Crippen LogP contribution in [-0.4, -0.2) is 43.6 Å². The minimum atomic E-state index is -5.77. The second kappa shape index (κ2) is 28.4. The fraction of sp³-hybridized carbons (Fsp3) is 0.842. The predicted molar refractivity (Wildman–Crippen MR) is 187 cm³/mol. The maximum absolute atomic E-state index is 12.6. The first kappa shape index (κ1) is 46.7. The van der Waals surface area contributed by atoms with Gasteiger partial charge in [-0.05, 0) is 51.4 Å². The maximum Gasteiger partial charge on any atom is 0.200 e. The SMILES string of the molecule is CCCCCCCC[N+](CCCCCCCC)(CCCCCCCC)CCCCCCCC.O=S(=O)([O-])c1c(F)c(F)c(F)c(F)c1F. The molecule has 0 spiro atoms. The molecule has 1 aromatic carbocycles. The Kier molecular flexibility index (Phi) is 27.7. The monoisotopic (exact) mass is 713 g/mol. The van der Waals surface area contributed by atoms with Gasteiger partial charge in [-0.2, -0.15) is 0 Å². The Labute approximate surface area is 291 Å². The molecule has 0 aliphatic rings. The highest BCUT2D eigenvalue weighted by Gasteiger charge is 2.29. The third kappa shape index (κ3) is 20.4. The Morgan fingerprint density at radius 3 is 0.833 bits per heavy atom. The Hall–Kier alpha value is -1.26. The molecule has 0 saturated heterocycles. The summed E-state index contributed by atoms with van der Waals surface area (Å²) < 4.78 is 94.4. The lowest BCUT2D eigenvalue weighted by molar-refractivity contribution is -0.929. The highest BCUT2D eigenvalue weighted by Crippen LogP contribution is 2.26. The summed E-state index contributed by atoms with van der Waals surface area (Å²) in [6.45, 7) is 15.3. The van der Waals surface area contributed by atoms with Gasteiger partial charge in [0.25, 0.3) is 0 Å². The summed E-state index contributed by atoms with van der Waals surface area (Å²) in [7, 11) is -5.77. The number of halogens is 5. The summed E-state index contributed by atoms with van der Waals surface area (Å²) in [5.74, 6) is -12.8. The molecule has 0 amide bonds. The molecule has 0 bridgehead atoms. The molecule has 4 nitrogen and oxygen atoms in total. The third-order valence-corrected chi connectivity index (χ3v) is 10.2. The van der Waals surface area contributed by atoms with Gasteiger partial charge >= 0.3 is 0 Å². The van der Waals surface area contributed by atoms with E-state index in [-0.39, 0.29) is 0 Å². The standard InChI is InChI=1S/C32H68N.C6HF5O3S/c1-5-9-13-17-21-25-29-33(30-26-22-18-14-10-6-2,31-27-23-19-15-11-7-3)32-28-24-20-16-12-8-4;7-1-2(8)4(10)6(15(12,13)14)5(11)3(1)9/h5-32H2,1-4H3;(H,12,13,14)/q+1;/p-1. The zero-order valence-corrected chi connectivity index (χ0v) is 31.6. The maximum atomic E-state index is 12.6. The van der Waals surface area contributed by atoms with Crippen LogP contribution < -0.4 is 0 Å². The molecule has 0 aromatic heterocycles. The topological polar surface area (TPSA) is 57.2 Å². The van der Waals surface area contributed by atoms with Gasteiger partial charge in [-0.1, -0.05) is 130 Å². The van der Waals surface area contributed by atoms with Gasteiger partial charge < -0.3 is 9.04 Å². The van der Waals surface area contributed by atoms with Crippen LogP contribution >= 0.6 is 0 Å². The zero-order valence-electron chi connectivity index (χ0n) is 30.8. The molecule has 0 saturated carbocycles. The van der Waals surface area contributed by atoms with Crippen molar-refractivity contribution in [3.8, 4) is 0 Å². The molecule has 0 atom stereocenters. The molecule has 0 radical (unpaired) electrons. The molecule has 1 aromatic rings. The molecule has 0 N–H and O–H groups in total. The smallest absolute Gasteiger partial charge is 0.200 e. The quantitative estimate of drug-likeness (QED) is 0.0207. The van der Waals surface area contributed by atoms with E-state index in [1.54, 1.807) is 0 Å². The van der Waals surface area contributed by atoms with Gasteiger partial charge in [0.2, 0.25) is 5.82 Å². The highest BCUT2D eigenvalue weighted by atomic mass is 32.2. The summed E-state index contributed by atoms with van der Waals surface area (Å²) in [6.07, 6.45) is 34.8. The lowest BCUT2D eigenvalue weighted by atomic mass is 10.0. The lowest BCUT2D eigenvalue weighted by Crippen LogP contribution is -2.50. The van der Waals surface area contributed by atoms with Crippen LogP contribution in [-0.2, 0) is 10.1 Å². The molecule has 0 aliphatic carbocycles. The molecule has 0 heterocycles. The second-order valence-electron chi connectivity index (χ2n) is 13.7. The Morgan fingerprint density at radius 2 is 0.604 bits per heavy atom. The van der Waals surface area contributed by atoms with Crippen LogP contribution in [0.1, 0.15) is 182 Å². The molecule has 1 rings (SSSR count). The van der Waals surface area contributed by atoms with Crippen molar-refractivity contribution in [3.05, 3.63) is 29.1 Å². The summed E-state index contributed by atoms with van der Waals surface area (Å²) in [5.41, 5.74) is 0. The number of unbranched alkanes of at least 4 members (excludes halogenated alkanes) is 20. The lowest BCUT2D eigenvalue weighted by Gasteiger charge is -2.40. The van der Waals surface area contributed by atoms with Crippen LogP contribution in [0.4, 0.5) is 22.0 Å². The van der Waals surface area contributed by atoms with E-state index < -0.39 is 44.1 Å². The largest absolute Gasteiger partial charge is 0.744 e. The van der Waals surface area contributed by atoms with Crippen molar-refractivity contribution in [2.75, 3.05) is 26.2 Å². The zero-order chi connectivity index (χ0) is 36.3. The fourth-order valence-corrected chi connectivity index (χ4v) is 7.00. The van der Waals surface area contributed by atoms with E-state index in [1.807, 2.05) is 0 Å². The summed E-state index contributed by atoms with van der Waals surface area (Å²) in [5, 5.41) is 0. The summed E-state index contributed by atoms with van der Waals surface area (Å²) in [6, 6.07) is 0. The van der Waals surface area contributed by atoms with Crippen molar-refractivity contribution in [3.63, 3.8) is 0 Å². The molecule has 48 heavy (non-hydrogen) atoms. The average Bonchev–Trinajstić information content (AvgIpc) is 3.05. The Morgan fingerprint density at radius 1 is 0.396 bits per heavy atom. The van der Waals surface area contributed by atoms with Gasteiger partial charge in [-0.15, -0.1) is 0 Å². The number of nitrogens with zero attached hydrogens (tertiary/aromatic N) is 1. The van der Waals surface area contributed by atoms with Crippen molar-refractivity contribution in [1.29, 1.82) is 0 Å². The van der Waals surface area contributed by atoms with Crippen molar-refractivity contribution in [2.24, 2.45) is 0 Å². The van der Waals surface area contributed by atoms with Gasteiger partial charge in [-0.25, -0.2) is 30.4 Å². The van der Waals surface area contributed by atoms with Crippen LogP contribution in [0, 0.1) is 29.1 Å². The third-order valence-electron chi connectivity index (χ3n) is 9.36. The first-order valence-corrected chi connectivity index (χ1v) is 20.7. The first-order chi connectivity index (χ1) is 22.9. The van der Waals surface area contributed by atoms with Crippen LogP contribution in [0.25, 0.3) is 0 Å². The first-order valence-electron chi connectivity index (χ1n) is 19.2. The molecule has 0 fully saturated rings. The number of benzene rings is 1. The number of rotatable bonds is 29. The normalized spacial score (nSPS) is 12.0. The van der Waals surface area contributed by atoms with Crippen LogP contribution in [0.3, 0.4) is 0 Å². The minimum absolute atomic E-state index is 1.37. The minimum Gasteiger partial charge on any atom is -0.744 e. The second-order valence-corrected chi connectivity index (χ2v) is 15.0.